The molecule has 1 amide bonds. The maximum Gasteiger partial charge on any atom is 0.262 e. The summed E-state index contributed by atoms with van der Waals surface area (Å²) in [5, 5.41) is 11.9. The van der Waals surface area contributed by atoms with E-state index in [2.05, 4.69) is 20.5 Å². The van der Waals surface area contributed by atoms with E-state index in [-0.39, 0.29) is 24.4 Å². The van der Waals surface area contributed by atoms with Crippen molar-refractivity contribution in [3.8, 4) is 11.4 Å². The van der Waals surface area contributed by atoms with Crippen LogP contribution in [0.1, 0.15) is 41.9 Å². The van der Waals surface area contributed by atoms with Crippen LogP contribution in [0.15, 0.2) is 29.3 Å². The van der Waals surface area contributed by atoms with Crippen molar-refractivity contribution < 1.29 is 9.18 Å². The van der Waals surface area contributed by atoms with Gasteiger partial charge in [-0.3, -0.25) is 14.2 Å². The summed E-state index contributed by atoms with van der Waals surface area (Å²) < 4.78 is 18.1. The molecular formula is C24H25FN6O2S. The molecule has 0 spiro atoms. The summed E-state index contributed by atoms with van der Waals surface area (Å²) in [4.78, 5) is 31.6. The lowest BCUT2D eigenvalue weighted by molar-refractivity contribution is -0.116. The molecule has 1 aliphatic heterocycles. The van der Waals surface area contributed by atoms with Crippen molar-refractivity contribution in [2.24, 2.45) is 0 Å². The number of hydrogen-bond acceptors (Lipinski definition) is 6. The van der Waals surface area contributed by atoms with E-state index >= 15 is 0 Å². The van der Waals surface area contributed by atoms with Crippen LogP contribution >= 0.6 is 11.3 Å². The topological polar surface area (TPSA) is 94.7 Å². The molecule has 3 aromatic heterocycles. The van der Waals surface area contributed by atoms with Crippen molar-refractivity contribution >= 4 is 33.1 Å². The number of amides is 1. The van der Waals surface area contributed by atoms with Gasteiger partial charge in [0.05, 0.1) is 17.3 Å². The number of carbonyl (C=O) groups is 1. The van der Waals surface area contributed by atoms with E-state index in [0.29, 0.717) is 27.3 Å². The third-order valence-electron chi connectivity index (χ3n) is 6.34. The molecule has 176 valence electrons. The number of nitrogens with zero attached hydrogens (tertiary/aromatic N) is 5. The van der Waals surface area contributed by atoms with Crippen LogP contribution in [-0.2, 0) is 24.3 Å². The summed E-state index contributed by atoms with van der Waals surface area (Å²) in [5.74, 6) is 0.666. The van der Waals surface area contributed by atoms with Gasteiger partial charge >= 0.3 is 0 Å². The predicted molar refractivity (Wildman–Crippen MR) is 130 cm³/mol. The van der Waals surface area contributed by atoms with Crippen LogP contribution in [0.2, 0.25) is 0 Å². The van der Waals surface area contributed by atoms with Gasteiger partial charge in [0.15, 0.2) is 5.82 Å². The number of carbonyl (C=O) groups excluding carboxylic acids is 1. The Morgan fingerprint density at radius 1 is 1.21 bits per heavy atom. The highest BCUT2D eigenvalue weighted by molar-refractivity contribution is 7.18. The standard InChI is InChI=1S/C24H25FN6O2S/c1-14-15(2)34-23-21(14)24(33)30(13-26-23)11-9-20(32)27-16-7-8-18(25)17(12-16)22-29-28-19-6-4-3-5-10-31(19)22/h7-8,12-13H,3-6,9-11H2,1-2H3,(H,27,32). The maximum absolute atomic E-state index is 14.7. The fourth-order valence-electron chi connectivity index (χ4n) is 4.33. The molecule has 10 heteroatoms. The van der Waals surface area contributed by atoms with Crippen LogP contribution in [0.25, 0.3) is 21.6 Å². The Kier molecular flexibility index (Phi) is 5.99. The Hall–Kier alpha value is -3.40. The van der Waals surface area contributed by atoms with E-state index in [0.717, 1.165) is 48.5 Å². The highest BCUT2D eigenvalue weighted by Gasteiger charge is 2.19. The average Bonchev–Trinajstić information content (AvgIpc) is 3.24. The molecule has 5 rings (SSSR count). The number of thiophene rings is 1. The zero-order valence-electron chi connectivity index (χ0n) is 19.1. The fourth-order valence-corrected chi connectivity index (χ4v) is 5.32. The number of aryl methyl sites for hydroxylation is 4. The van der Waals surface area contributed by atoms with Crippen LogP contribution in [0.3, 0.4) is 0 Å². The van der Waals surface area contributed by atoms with Gasteiger partial charge in [-0.25, -0.2) is 9.37 Å². The molecule has 1 N–H and O–H groups in total. The normalized spacial score (nSPS) is 13.6. The summed E-state index contributed by atoms with van der Waals surface area (Å²) >= 11 is 1.49. The van der Waals surface area contributed by atoms with Gasteiger partial charge in [0.25, 0.3) is 5.56 Å². The number of halogens is 1. The van der Waals surface area contributed by atoms with E-state index in [4.69, 9.17) is 0 Å². The van der Waals surface area contributed by atoms with Gasteiger partial charge in [-0.15, -0.1) is 21.5 Å². The fraction of sp³-hybridized carbons (Fsp3) is 0.375. The number of fused-ring (bicyclic) bond motifs is 2. The summed E-state index contributed by atoms with van der Waals surface area (Å²) in [6.07, 6.45) is 5.56. The minimum atomic E-state index is -0.412. The molecule has 0 saturated carbocycles. The predicted octanol–water partition coefficient (Wildman–Crippen LogP) is 4.23. The summed E-state index contributed by atoms with van der Waals surface area (Å²) in [6.45, 7) is 4.83. The van der Waals surface area contributed by atoms with Crippen LogP contribution < -0.4 is 10.9 Å². The first-order valence-corrected chi connectivity index (χ1v) is 12.2. The third kappa shape index (κ3) is 4.13. The minimum absolute atomic E-state index is 0.0856. The van der Waals surface area contributed by atoms with Gasteiger partial charge in [-0.05, 0) is 50.5 Å². The summed E-state index contributed by atoms with van der Waals surface area (Å²) in [6, 6.07) is 4.44. The van der Waals surface area contributed by atoms with Crippen LogP contribution in [0.5, 0.6) is 0 Å². The second kappa shape index (κ2) is 9.09. The monoisotopic (exact) mass is 480 g/mol. The van der Waals surface area contributed by atoms with Crippen LogP contribution in [0.4, 0.5) is 10.1 Å². The van der Waals surface area contributed by atoms with Gasteiger partial charge < -0.3 is 9.88 Å². The molecule has 1 aliphatic rings. The van der Waals surface area contributed by atoms with E-state index < -0.39 is 5.82 Å². The largest absolute Gasteiger partial charge is 0.326 e. The minimum Gasteiger partial charge on any atom is -0.326 e. The van der Waals surface area contributed by atoms with Crippen molar-refractivity contribution in [3.05, 3.63) is 57.0 Å². The Labute approximate surface area is 199 Å². The van der Waals surface area contributed by atoms with Gasteiger partial charge in [0.1, 0.15) is 16.5 Å². The van der Waals surface area contributed by atoms with E-state index in [9.17, 15) is 14.0 Å². The lowest BCUT2D eigenvalue weighted by Gasteiger charge is -2.11. The Morgan fingerprint density at radius 2 is 2.06 bits per heavy atom. The van der Waals surface area contributed by atoms with Crippen LogP contribution in [0, 0.1) is 19.7 Å². The van der Waals surface area contributed by atoms with Crippen molar-refractivity contribution in [2.75, 3.05) is 5.32 Å². The molecule has 1 aromatic carbocycles. The molecule has 0 aliphatic carbocycles. The highest BCUT2D eigenvalue weighted by atomic mass is 32.1. The smallest absolute Gasteiger partial charge is 0.262 e. The van der Waals surface area contributed by atoms with Gasteiger partial charge in [0.2, 0.25) is 5.91 Å². The van der Waals surface area contributed by atoms with Gasteiger partial charge in [0, 0.05) is 36.5 Å². The van der Waals surface area contributed by atoms with E-state index in [1.54, 1.807) is 6.07 Å². The molecule has 0 fully saturated rings. The zero-order valence-corrected chi connectivity index (χ0v) is 19.9. The molecule has 4 aromatic rings. The second-order valence-electron chi connectivity index (χ2n) is 8.60. The molecular weight excluding hydrogens is 455 g/mol. The Balaban J connectivity index is 1.32. The van der Waals surface area contributed by atoms with Crippen molar-refractivity contribution in [3.63, 3.8) is 0 Å². The number of hydrogen-bond donors (Lipinski definition) is 1. The lowest BCUT2D eigenvalue weighted by atomic mass is 10.1. The number of nitrogens with one attached hydrogen (secondary N) is 1. The highest BCUT2D eigenvalue weighted by Crippen LogP contribution is 2.28. The molecule has 0 atom stereocenters. The van der Waals surface area contributed by atoms with E-state index in [1.165, 1.54) is 34.4 Å². The molecule has 0 saturated heterocycles. The third-order valence-corrected chi connectivity index (χ3v) is 7.45. The Morgan fingerprint density at radius 3 is 2.91 bits per heavy atom. The number of aromatic nitrogens is 5. The van der Waals surface area contributed by atoms with Crippen molar-refractivity contribution in [2.45, 2.75) is 59.0 Å². The van der Waals surface area contributed by atoms with E-state index in [1.807, 2.05) is 18.4 Å². The molecule has 34 heavy (non-hydrogen) atoms. The lowest BCUT2D eigenvalue weighted by Crippen LogP contribution is -2.23. The molecule has 0 bridgehead atoms. The molecule has 0 unspecified atom stereocenters. The van der Waals surface area contributed by atoms with Gasteiger partial charge in [-0.1, -0.05) is 6.42 Å². The summed E-state index contributed by atoms with van der Waals surface area (Å²) in [7, 11) is 0. The maximum atomic E-state index is 14.7. The summed E-state index contributed by atoms with van der Waals surface area (Å²) in [5.41, 5.74) is 1.57. The van der Waals surface area contributed by atoms with Crippen LogP contribution in [-0.4, -0.2) is 30.2 Å². The van der Waals surface area contributed by atoms with Crippen molar-refractivity contribution in [1.29, 1.82) is 0 Å². The molecule has 4 heterocycles. The Bertz CT molecular complexity index is 1450. The van der Waals surface area contributed by atoms with Gasteiger partial charge in [-0.2, -0.15) is 0 Å². The molecule has 8 nitrogen and oxygen atoms in total. The molecule has 0 radical (unpaired) electrons. The quantitative estimate of drug-likeness (QED) is 0.461. The number of rotatable bonds is 5. The first-order chi connectivity index (χ1) is 16.4. The number of benzene rings is 1. The average molecular weight is 481 g/mol. The zero-order chi connectivity index (χ0) is 23.8. The second-order valence-corrected chi connectivity index (χ2v) is 9.80. The SMILES string of the molecule is Cc1sc2ncn(CCC(=O)Nc3ccc(F)c(-c4nnc5n4CCCCC5)c3)c(=O)c2c1C. The first kappa shape index (κ1) is 22.4. The number of anilines is 1. The van der Waals surface area contributed by atoms with Crippen molar-refractivity contribution in [1.82, 2.24) is 24.3 Å². The first-order valence-electron chi connectivity index (χ1n) is 11.4.